The van der Waals surface area contributed by atoms with Gasteiger partial charge in [-0.2, -0.15) is 0 Å². The first-order chi connectivity index (χ1) is 8.31. The number of hydrogen-bond acceptors (Lipinski definition) is 3. The first kappa shape index (κ1) is 12.8. The summed E-state index contributed by atoms with van der Waals surface area (Å²) in [6, 6.07) is 0. The molecule has 1 N–H and O–H groups in total. The highest BCUT2D eigenvalue weighted by Crippen LogP contribution is 2.19. The fourth-order valence-corrected chi connectivity index (χ4v) is 2.83. The molecule has 2 atom stereocenters. The van der Waals surface area contributed by atoms with E-state index in [1.807, 2.05) is 11.8 Å². The highest BCUT2D eigenvalue weighted by molar-refractivity contribution is 5.79. The van der Waals surface area contributed by atoms with Crippen LogP contribution in [-0.4, -0.2) is 49.7 Å². The number of likely N-dealkylation sites (tertiary alicyclic amines) is 1. The molecule has 0 aromatic carbocycles. The van der Waals surface area contributed by atoms with Gasteiger partial charge in [-0.25, -0.2) is 0 Å². The minimum Gasteiger partial charge on any atom is -0.377 e. The number of carbonyl (C=O) groups excluding carboxylic acids is 1. The molecule has 2 aliphatic rings. The summed E-state index contributed by atoms with van der Waals surface area (Å²) >= 11 is 0. The van der Waals surface area contributed by atoms with Gasteiger partial charge in [-0.15, -0.1) is 0 Å². The molecule has 4 nitrogen and oxygen atoms in total. The summed E-state index contributed by atoms with van der Waals surface area (Å²) in [6.45, 7) is 6.39. The van der Waals surface area contributed by atoms with E-state index in [1.165, 1.54) is 0 Å². The maximum Gasteiger partial charge on any atom is 0.227 e. The van der Waals surface area contributed by atoms with Gasteiger partial charge in [-0.3, -0.25) is 4.79 Å². The van der Waals surface area contributed by atoms with E-state index < -0.39 is 0 Å². The van der Waals surface area contributed by atoms with Crippen LogP contribution in [0.2, 0.25) is 0 Å². The molecule has 0 aromatic heterocycles. The van der Waals surface area contributed by atoms with Gasteiger partial charge in [0.05, 0.1) is 12.0 Å². The SMILES string of the molecule is CCOC1CCCN(C(=O)[C@H]2CCCNC2)C1. The van der Waals surface area contributed by atoms with E-state index in [4.69, 9.17) is 4.74 Å². The van der Waals surface area contributed by atoms with Crippen LogP contribution < -0.4 is 5.32 Å². The summed E-state index contributed by atoms with van der Waals surface area (Å²) in [6.07, 6.45) is 4.60. The molecule has 2 saturated heterocycles. The first-order valence-electron chi connectivity index (χ1n) is 6.92. The zero-order valence-electron chi connectivity index (χ0n) is 10.8. The summed E-state index contributed by atoms with van der Waals surface area (Å²) in [5.41, 5.74) is 0. The highest BCUT2D eigenvalue weighted by Gasteiger charge is 2.29. The Morgan fingerprint density at radius 2 is 2.29 bits per heavy atom. The fraction of sp³-hybridized carbons (Fsp3) is 0.923. The number of amides is 1. The molecule has 0 spiro atoms. The van der Waals surface area contributed by atoms with E-state index >= 15 is 0 Å². The Hall–Kier alpha value is -0.610. The molecule has 2 fully saturated rings. The van der Waals surface area contributed by atoms with Crippen molar-refractivity contribution in [3.8, 4) is 0 Å². The van der Waals surface area contributed by atoms with Gasteiger partial charge in [0.25, 0.3) is 0 Å². The van der Waals surface area contributed by atoms with Crippen molar-refractivity contribution in [2.75, 3.05) is 32.8 Å². The largest absolute Gasteiger partial charge is 0.377 e. The molecule has 0 aromatic rings. The monoisotopic (exact) mass is 240 g/mol. The number of piperidine rings is 2. The molecular formula is C13H24N2O2. The van der Waals surface area contributed by atoms with Crippen LogP contribution in [0.25, 0.3) is 0 Å². The van der Waals surface area contributed by atoms with E-state index in [9.17, 15) is 4.79 Å². The third kappa shape index (κ3) is 3.42. The lowest BCUT2D eigenvalue weighted by Gasteiger charge is -2.35. The molecule has 17 heavy (non-hydrogen) atoms. The molecule has 0 bridgehead atoms. The second kappa shape index (κ2) is 6.36. The second-order valence-corrected chi connectivity index (χ2v) is 5.05. The number of nitrogens with zero attached hydrogens (tertiary/aromatic N) is 1. The normalized spacial score (nSPS) is 30.3. The topological polar surface area (TPSA) is 41.6 Å². The van der Waals surface area contributed by atoms with Gasteiger partial charge in [0.1, 0.15) is 0 Å². The number of rotatable bonds is 3. The van der Waals surface area contributed by atoms with E-state index in [0.717, 1.165) is 58.5 Å². The van der Waals surface area contributed by atoms with Crippen LogP contribution in [-0.2, 0) is 9.53 Å². The lowest BCUT2D eigenvalue weighted by molar-refractivity contribution is -0.140. The summed E-state index contributed by atoms with van der Waals surface area (Å²) in [5, 5.41) is 3.31. The lowest BCUT2D eigenvalue weighted by Crippen LogP contribution is -2.48. The molecule has 2 heterocycles. The van der Waals surface area contributed by atoms with Crippen molar-refractivity contribution in [2.24, 2.45) is 5.92 Å². The number of carbonyl (C=O) groups is 1. The van der Waals surface area contributed by atoms with Gasteiger partial charge < -0.3 is 15.0 Å². The van der Waals surface area contributed by atoms with E-state index in [-0.39, 0.29) is 12.0 Å². The van der Waals surface area contributed by atoms with Crippen LogP contribution in [0.1, 0.15) is 32.6 Å². The zero-order chi connectivity index (χ0) is 12.1. The Morgan fingerprint density at radius 1 is 1.41 bits per heavy atom. The molecule has 0 radical (unpaired) electrons. The Bertz CT molecular complexity index is 250. The highest BCUT2D eigenvalue weighted by atomic mass is 16.5. The Labute approximate surface area is 104 Å². The standard InChI is InChI=1S/C13H24N2O2/c1-2-17-12-6-4-8-15(10-12)13(16)11-5-3-7-14-9-11/h11-12,14H,2-10H2,1H3/t11-,12?/m0/s1. The Balaban J connectivity index is 1.85. The molecular weight excluding hydrogens is 216 g/mol. The molecule has 98 valence electrons. The van der Waals surface area contributed by atoms with Crippen LogP contribution >= 0.6 is 0 Å². The average molecular weight is 240 g/mol. The minimum absolute atomic E-state index is 0.198. The molecule has 2 aliphatic heterocycles. The zero-order valence-corrected chi connectivity index (χ0v) is 10.8. The number of hydrogen-bond donors (Lipinski definition) is 1. The fourth-order valence-electron chi connectivity index (χ4n) is 2.83. The van der Waals surface area contributed by atoms with Crippen molar-refractivity contribution in [1.29, 1.82) is 0 Å². The maximum absolute atomic E-state index is 12.3. The van der Waals surface area contributed by atoms with Crippen LogP contribution in [0, 0.1) is 5.92 Å². The van der Waals surface area contributed by atoms with Gasteiger partial charge in [-0.05, 0) is 39.2 Å². The van der Waals surface area contributed by atoms with Crippen LogP contribution in [0.5, 0.6) is 0 Å². The van der Waals surface area contributed by atoms with E-state index in [1.54, 1.807) is 0 Å². The molecule has 1 amide bonds. The van der Waals surface area contributed by atoms with E-state index in [0.29, 0.717) is 5.91 Å². The van der Waals surface area contributed by atoms with Crippen LogP contribution in [0.4, 0.5) is 0 Å². The Morgan fingerprint density at radius 3 is 3.00 bits per heavy atom. The van der Waals surface area contributed by atoms with Crippen molar-refractivity contribution >= 4 is 5.91 Å². The van der Waals surface area contributed by atoms with Gasteiger partial charge in [-0.1, -0.05) is 0 Å². The van der Waals surface area contributed by atoms with Gasteiger partial charge >= 0.3 is 0 Å². The van der Waals surface area contributed by atoms with Gasteiger partial charge in [0.2, 0.25) is 5.91 Å². The quantitative estimate of drug-likeness (QED) is 0.800. The van der Waals surface area contributed by atoms with Crippen molar-refractivity contribution in [3.63, 3.8) is 0 Å². The van der Waals surface area contributed by atoms with Gasteiger partial charge in [0, 0.05) is 26.2 Å². The maximum atomic E-state index is 12.3. The third-order valence-electron chi connectivity index (χ3n) is 3.74. The third-order valence-corrected chi connectivity index (χ3v) is 3.74. The summed E-state index contributed by atoms with van der Waals surface area (Å²) in [4.78, 5) is 14.3. The van der Waals surface area contributed by atoms with Crippen LogP contribution in [0.15, 0.2) is 0 Å². The van der Waals surface area contributed by atoms with Crippen molar-refractivity contribution in [3.05, 3.63) is 0 Å². The summed E-state index contributed by atoms with van der Waals surface area (Å²) in [5.74, 6) is 0.533. The number of nitrogens with one attached hydrogen (secondary N) is 1. The number of ether oxygens (including phenoxy) is 1. The minimum atomic E-state index is 0.198. The molecule has 4 heteroatoms. The molecule has 2 rings (SSSR count). The summed E-state index contributed by atoms with van der Waals surface area (Å²) < 4.78 is 5.64. The summed E-state index contributed by atoms with van der Waals surface area (Å²) in [7, 11) is 0. The smallest absolute Gasteiger partial charge is 0.227 e. The van der Waals surface area contributed by atoms with Crippen LogP contribution in [0.3, 0.4) is 0 Å². The second-order valence-electron chi connectivity index (χ2n) is 5.05. The van der Waals surface area contributed by atoms with Gasteiger partial charge in [0.15, 0.2) is 0 Å². The van der Waals surface area contributed by atoms with Crippen molar-refractivity contribution in [2.45, 2.75) is 38.7 Å². The predicted octanol–water partition coefficient (Wildman–Crippen LogP) is 1.01. The predicted molar refractivity (Wildman–Crippen MR) is 66.8 cm³/mol. The molecule has 1 unspecified atom stereocenters. The molecule has 0 aliphatic carbocycles. The Kier molecular flexibility index (Phi) is 4.80. The molecule has 0 saturated carbocycles. The van der Waals surface area contributed by atoms with E-state index in [2.05, 4.69) is 5.32 Å². The first-order valence-corrected chi connectivity index (χ1v) is 6.92. The van der Waals surface area contributed by atoms with Crippen molar-refractivity contribution in [1.82, 2.24) is 10.2 Å². The average Bonchev–Trinajstić information content (AvgIpc) is 2.40. The van der Waals surface area contributed by atoms with Crippen molar-refractivity contribution < 1.29 is 9.53 Å². The lowest BCUT2D eigenvalue weighted by atomic mass is 9.96.